The molecule has 1 aliphatic heterocycles. The van der Waals surface area contributed by atoms with Gasteiger partial charge in [-0.1, -0.05) is 5.16 Å². The molecule has 2 aliphatic rings. The van der Waals surface area contributed by atoms with Crippen molar-refractivity contribution in [1.29, 1.82) is 0 Å². The van der Waals surface area contributed by atoms with Crippen LogP contribution in [0.15, 0.2) is 28.8 Å². The summed E-state index contributed by atoms with van der Waals surface area (Å²) < 4.78 is 5.26. The van der Waals surface area contributed by atoms with Gasteiger partial charge in [-0.25, -0.2) is 0 Å². The molecule has 28 heavy (non-hydrogen) atoms. The summed E-state index contributed by atoms with van der Waals surface area (Å²) in [7, 11) is 0. The molecule has 1 aromatic heterocycles. The molecule has 1 saturated heterocycles. The van der Waals surface area contributed by atoms with E-state index < -0.39 is 4.92 Å². The van der Waals surface area contributed by atoms with Gasteiger partial charge in [0.25, 0.3) is 11.6 Å². The smallest absolute Gasteiger partial charge is 0.293 e. The van der Waals surface area contributed by atoms with E-state index in [1.807, 2.05) is 17.9 Å². The zero-order chi connectivity index (χ0) is 19.7. The summed E-state index contributed by atoms with van der Waals surface area (Å²) in [5.41, 5.74) is 1.72. The first kappa shape index (κ1) is 18.4. The number of nitrogens with one attached hydrogen (secondary N) is 1. The highest BCUT2D eigenvalue weighted by molar-refractivity contribution is 5.96. The molecule has 1 amide bonds. The summed E-state index contributed by atoms with van der Waals surface area (Å²) in [5.74, 6) is 0.576. The summed E-state index contributed by atoms with van der Waals surface area (Å²) in [5, 5.41) is 18.4. The van der Waals surface area contributed by atoms with Gasteiger partial charge < -0.3 is 14.7 Å². The van der Waals surface area contributed by atoms with Gasteiger partial charge in [0.15, 0.2) is 5.76 Å². The molecular formula is C19H23N5O4. The van der Waals surface area contributed by atoms with Crippen LogP contribution in [0.5, 0.6) is 0 Å². The van der Waals surface area contributed by atoms with Gasteiger partial charge in [-0.15, -0.1) is 0 Å². The van der Waals surface area contributed by atoms with Gasteiger partial charge in [0.05, 0.1) is 17.2 Å². The van der Waals surface area contributed by atoms with E-state index in [9.17, 15) is 14.9 Å². The highest BCUT2D eigenvalue weighted by atomic mass is 16.6. The zero-order valence-corrected chi connectivity index (χ0v) is 15.8. The summed E-state index contributed by atoms with van der Waals surface area (Å²) in [6, 6.07) is 6.88. The standard InChI is InChI=1S/C19H23N5O4/c1-13-10-16(28-21-13)12-22-6-8-23(9-7-22)17-5-2-14(11-18(17)24(26)27)19(25)20-15-3-4-15/h2,5,10-11,15H,3-4,6-9,12H2,1H3,(H,20,25). The quantitative estimate of drug-likeness (QED) is 0.600. The highest BCUT2D eigenvalue weighted by Crippen LogP contribution is 2.30. The zero-order valence-electron chi connectivity index (χ0n) is 15.8. The van der Waals surface area contributed by atoms with Gasteiger partial charge >= 0.3 is 0 Å². The number of piperazine rings is 1. The molecule has 9 heteroatoms. The third-order valence-corrected chi connectivity index (χ3v) is 5.12. The molecule has 1 N–H and O–H groups in total. The average molecular weight is 385 g/mol. The topological polar surface area (TPSA) is 105 Å². The van der Waals surface area contributed by atoms with Crippen molar-refractivity contribution in [2.24, 2.45) is 0 Å². The van der Waals surface area contributed by atoms with E-state index in [0.717, 1.165) is 37.4 Å². The largest absolute Gasteiger partial charge is 0.363 e. The second-order valence-corrected chi connectivity index (χ2v) is 7.41. The Kier molecular flexibility index (Phi) is 4.99. The van der Waals surface area contributed by atoms with Gasteiger partial charge in [0.1, 0.15) is 5.69 Å². The lowest BCUT2D eigenvalue weighted by Crippen LogP contribution is -2.46. The molecule has 2 aromatic rings. The van der Waals surface area contributed by atoms with Gasteiger partial charge in [-0.05, 0) is 31.9 Å². The van der Waals surface area contributed by atoms with E-state index in [-0.39, 0.29) is 17.6 Å². The minimum absolute atomic E-state index is 0.0252. The lowest BCUT2D eigenvalue weighted by atomic mass is 10.1. The molecule has 2 fully saturated rings. The summed E-state index contributed by atoms with van der Waals surface area (Å²) in [6.45, 7) is 5.43. The van der Waals surface area contributed by atoms with Crippen molar-refractivity contribution in [2.75, 3.05) is 31.1 Å². The molecular weight excluding hydrogens is 362 g/mol. The Hall–Kier alpha value is -2.94. The number of anilines is 1. The Bertz CT molecular complexity index is 884. The first-order chi connectivity index (χ1) is 13.5. The number of benzene rings is 1. The van der Waals surface area contributed by atoms with Crippen LogP contribution in [0.25, 0.3) is 0 Å². The van der Waals surface area contributed by atoms with Crippen LogP contribution in [0.4, 0.5) is 11.4 Å². The normalized spacial score (nSPS) is 17.5. The predicted octanol–water partition coefficient (Wildman–Crippen LogP) is 2.11. The van der Waals surface area contributed by atoms with Gasteiger partial charge in [-0.2, -0.15) is 0 Å². The molecule has 1 aliphatic carbocycles. The van der Waals surface area contributed by atoms with E-state index in [0.29, 0.717) is 30.9 Å². The van der Waals surface area contributed by atoms with E-state index in [2.05, 4.69) is 15.4 Å². The van der Waals surface area contributed by atoms with E-state index in [1.165, 1.54) is 6.07 Å². The first-order valence-electron chi connectivity index (χ1n) is 9.48. The number of nitro groups is 1. The van der Waals surface area contributed by atoms with Crippen molar-refractivity contribution in [3.63, 3.8) is 0 Å². The second kappa shape index (κ2) is 7.59. The minimum Gasteiger partial charge on any atom is -0.363 e. The molecule has 0 unspecified atom stereocenters. The van der Waals surface area contributed by atoms with Crippen LogP contribution in [0, 0.1) is 17.0 Å². The number of carbonyl (C=O) groups is 1. The maximum atomic E-state index is 12.2. The van der Waals surface area contributed by atoms with E-state index in [1.54, 1.807) is 12.1 Å². The Labute approximate surface area is 162 Å². The number of carbonyl (C=O) groups excluding carboxylic acids is 1. The summed E-state index contributed by atoms with van der Waals surface area (Å²) >= 11 is 0. The van der Waals surface area contributed by atoms with Crippen LogP contribution < -0.4 is 10.2 Å². The molecule has 0 bridgehead atoms. The molecule has 0 atom stereocenters. The summed E-state index contributed by atoms with van der Waals surface area (Å²) in [4.78, 5) is 27.6. The fourth-order valence-corrected chi connectivity index (χ4v) is 3.43. The number of rotatable bonds is 6. The van der Waals surface area contributed by atoms with Crippen molar-refractivity contribution in [3.05, 3.63) is 51.4 Å². The second-order valence-electron chi connectivity index (χ2n) is 7.41. The molecule has 1 saturated carbocycles. The Balaban J connectivity index is 1.43. The van der Waals surface area contributed by atoms with Crippen LogP contribution >= 0.6 is 0 Å². The third-order valence-electron chi connectivity index (χ3n) is 5.12. The summed E-state index contributed by atoms with van der Waals surface area (Å²) in [6.07, 6.45) is 1.95. The molecule has 148 valence electrons. The lowest BCUT2D eigenvalue weighted by molar-refractivity contribution is -0.384. The van der Waals surface area contributed by atoms with Gasteiger partial charge in [0, 0.05) is 49.9 Å². The molecule has 4 rings (SSSR count). The van der Waals surface area contributed by atoms with Crippen LogP contribution in [-0.4, -0.2) is 53.1 Å². The van der Waals surface area contributed by atoms with Gasteiger partial charge in [-0.3, -0.25) is 19.8 Å². The van der Waals surface area contributed by atoms with E-state index in [4.69, 9.17) is 4.52 Å². The number of nitro benzene ring substituents is 1. The average Bonchev–Trinajstić information content (AvgIpc) is 3.41. The number of hydrogen-bond acceptors (Lipinski definition) is 7. The Morgan fingerprint density at radius 3 is 2.64 bits per heavy atom. The maximum absolute atomic E-state index is 12.2. The van der Waals surface area contributed by atoms with Crippen LogP contribution in [0.2, 0.25) is 0 Å². The maximum Gasteiger partial charge on any atom is 0.293 e. The minimum atomic E-state index is -0.410. The number of aryl methyl sites for hydroxylation is 1. The number of nitrogens with zero attached hydrogens (tertiary/aromatic N) is 4. The van der Waals surface area contributed by atoms with Crippen molar-refractivity contribution in [2.45, 2.75) is 32.4 Å². The van der Waals surface area contributed by atoms with E-state index >= 15 is 0 Å². The molecule has 0 spiro atoms. The lowest BCUT2D eigenvalue weighted by Gasteiger charge is -2.35. The Morgan fingerprint density at radius 1 is 1.29 bits per heavy atom. The third kappa shape index (κ3) is 4.14. The van der Waals surface area contributed by atoms with Crippen molar-refractivity contribution in [3.8, 4) is 0 Å². The highest BCUT2D eigenvalue weighted by Gasteiger charge is 2.28. The van der Waals surface area contributed by atoms with Crippen molar-refractivity contribution >= 4 is 17.3 Å². The SMILES string of the molecule is Cc1cc(CN2CCN(c3ccc(C(=O)NC4CC4)cc3[N+](=O)[O-])CC2)on1. The molecule has 0 radical (unpaired) electrons. The predicted molar refractivity (Wildman–Crippen MR) is 102 cm³/mol. The fraction of sp³-hybridized carbons (Fsp3) is 0.474. The van der Waals surface area contributed by atoms with Gasteiger partial charge in [0.2, 0.25) is 0 Å². The monoisotopic (exact) mass is 385 g/mol. The molecule has 9 nitrogen and oxygen atoms in total. The van der Waals surface area contributed by atoms with Crippen molar-refractivity contribution < 1.29 is 14.2 Å². The first-order valence-corrected chi connectivity index (χ1v) is 9.48. The number of amides is 1. The fourth-order valence-electron chi connectivity index (χ4n) is 3.43. The Morgan fingerprint density at radius 2 is 2.04 bits per heavy atom. The van der Waals surface area contributed by atoms with Crippen LogP contribution in [-0.2, 0) is 6.54 Å². The molecule has 2 heterocycles. The number of aromatic nitrogens is 1. The molecule has 1 aromatic carbocycles. The van der Waals surface area contributed by atoms with Crippen molar-refractivity contribution in [1.82, 2.24) is 15.4 Å². The van der Waals surface area contributed by atoms with Crippen LogP contribution in [0.3, 0.4) is 0 Å². The number of hydrogen-bond donors (Lipinski definition) is 1. The van der Waals surface area contributed by atoms with Crippen LogP contribution in [0.1, 0.15) is 34.7 Å².